The maximum Gasteiger partial charge on any atom is 0.320 e. The largest absolute Gasteiger partial charge is 0.345 e. The minimum Gasteiger partial charge on any atom is -0.345 e. The van der Waals surface area contributed by atoms with Crippen LogP contribution in [-0.4, -0.2) is 70.5 Å². The van der Waals surface area contributed by atoms with Crippen molar-refractivity contribution in [1.29, 1.82) is 0 Å². The van der Waals surface area contributed by atoms with Gasteiger partial charge in [-0.05, 0) is 23.8 Å². The molecule has 13 heteroatoms. The van der Waals surface area contributed by atoms with Crippen molar-refractivity contribution in [2.24, 2.45) is 0 Å². The molecule has 0 spiro atoms. The van der Waals surface area contributed by atoms with E-state index in [-0.39, 0.29) is 44.1 Å². The van der Waals surface area contributed by atoms with Crippen molar-refractivity contribution in [3.8, 4) is 22.5 Å². The number of carbonyl (C=O) groups excluding carboxylic acids is 1. The van der Waals surface area contributed by atoms with Crippen molar-refractivity contribution in [2.45, 2.75) is 31.9 Å². The van der Waals surface area contributed by atoms with Crippen molar-refractivity contribution in [1.82, 2.24) is 38.9 Å². The third kappa shape index (κ3) is 3.79. The summed E-state index contributed by atoms with van der Waals surface area (Å²) in [4.78, 5) is 37.7. The maximum atomic E-state index is 15.0. The first-order valence-electron chi connectivity index (χ1n) is 12.6. The highest BCUT2D eigenvalue weighted by Gasteiger charge is 2.37. The van der Waals surface area contributed by atoms with Gasteiger partial charge in [0.2, 0.25) is 5.78 Å². The van der Waals surface area contributed by atoms with Crippen LogP contribution in [0.15, 0.2) is 47.8 Å². The van der Waals surface area contributed by atoms with Crippen LogP contribution < -0.4 is 5.56 Å². The predicted octanol–water partition coefficient (Wildman–Crippen LogP) is 3.84. The van der Waals surface area contributed by atoms with Crippen LogP contribution in [0.4, 0.5) is 18.0 Å². The number of hydrogen-bond donors (Lipinski definition) is 2. The normalized spacial score (nSPS) is 17.2. The number of rotatable bonds is 2. The van der Waals surface area contributed by atoms with Crippen LogP contribution in [0, 0.1) is 5.82 Å². The highest BCUT2D eigenvalue weighted by molar-refractivity contribution is 6.00. The summed E-state index contributed by atoms with van der Waals surface area (Å²) in [6.07, 6.45) is 6.06. The molecule has 200 valence electrons. The number of nitrogens with one attached hydrogen (secondary N) is 2. The lowest BCUT2D eigenvalue weighted by molar-refractivity contribution is -0.0493. The topological polar surface area (TPSA) is 107 Å². The van der Waals surface area contributed by atoms with Gasteiger partial charge in [0, 0.05) is 75.1 Å². The summed E-state index contributed by atoms with van der Waals surface area (Å²) in [6, 6.07) is 4.23. The highest BCUT2D eigenvalue weighted by atomic mass is 19.3. The quantitative estimate of drug-likeness (QED) is 0.358. The Morgan fingerprint density at radius 1 is 1.03 bits per heavy atom. The molecule has 1 saturated heterocycles. The van der Waals surface area contributed by atoms with Gasteiger partial charge in [0.1, 0.15) is 5.82 Å². The summed E-state index contributed by atoms with van der Waals surface area (Å²) in [5.41, 5.74) is 2.97. The second-order valence-electron chi connectivity index (χ2n) is 10.0. The number of nitrogens with zero attached hydrogens (tertiary/aromatic N) is 6. The number of piperidine rings is 1. The Morgan fingerprint density at radius 2 is 1.85 bits per heavy atom. The van der Waals surface area contributed by atoms with E-state index in [9.17, 15) is 22.8 Å². The van der Waals surface area contributed by atoms with Crippen molar-refractivity contribution in [2.75, 3.05) is 19.6 Å². The lowest BCUT2D eigenvalue weighted by Crippen LogP contribution is -2.49. The summed E-state index contributed by atoms with van der Waals surface area (Å²) in [5, 5.41) is 6.19. The van der Waals surface area contributed by atoms with Crippen molar-refractivity contribution >= 4 is 22.7 Å². The molecule has 2 aliphatic rings. The van der Waals surface area contributed by atoms with E-state index in [4.69, 9.17) is 0 Å². The third-order valence-corrected chi connectivity index (χ3v) is 7.62. The van der Waals surface area contributed by atoms with E-state index in [1.165, 1.54) is 17.0 Å². The smallest absolute Gasteiger partial charge is 0.320 e. The molecule has 39 heavy (non-hydrogen) atoms. The van der Waals surface area contributed by atoms with E-state index < -0.39 is 11.7 Å². The molecule has 6 heterocycles. The number of imidazole rings is 1. The summed E-state index contributed by atoms with van der Waals surface area (Å²) < 4.78 is 45.9. The Labute approximate surface area is 218 Å². The lowest BCUT2D eigenvalue weighted by atomic mass is 10.0. The highest BCUT2D eigenvalue weighted by Crippen LogP contribution is 2.38. The number of carbonyl (C=O) groups is 1. The fourth-order valence-electron chi connectivity index (χ4n) is 5.70. The number of urea groups is 1. The van der Waals surface area contributed by atoms with Crippen LogP contribution in [0.25, 0.3) is 39.2 Å². The minimum absolute atomic E-state index is 0.0141. The predicted molar refractivity (Wildman–Crippen MR) is 136 cm³/mol. The van der Waals surface area contributed by atoms with Gasteiger partial charge in [-0.1, -0.05) is 0 Å². The Morgan fingerprint density at radius 3 is 2.67 bits per heavy atom. The fourth-order valence-corrected chi connectivity index (χ4v) is 5.70. The molecular weight excluding hydrogens is 513 g/mol. The van der Waals surface area contributed by atoms with Crippen LogP contribution in [-0.2, 0) is 13.1 Å². The first-order chi connectivity index (χ1) is 18.8. The summed E-state index contributed by atoms with van der Waals surface area (Å²) in [5.74, 6) is -2.80. The molecule has 2 aliphatic heterocycles. The molecule has 2 N–H and O–H groups in total. The monoisotopic (exact) mass is 536 g/mol. The zero-order valence-electron chi connectivity index (χ0n) is 20.6. The molecule has 0 unspecified atom stereocenters. The van der Waals surface area contributed by atoms with E-state index in [1.807, 2.05) is 10.8 Å². The molecule has 0 atom stereocenters. The van der Waals surface area contributed by atoms with Crippen molar-refractivity contribution < 1.29 is 18.0 Å². The second-order valence-corrected chi connectivity index (χ2v) is 10.0. The maximum absolute atomic E-state index is 15.0. The zero-order valence-corrected chi connectivity index (χ0v) is 20.6. The number of alkyl halides is 2. The summed E-state index contributed by atoms with van der Waals surface area (Å²) in [7, 11) is 0. The van der Waals surface area contributed by atoms with E-state index in [0.29, 0.717) is 52.3 Å². The van der Waals surface area contributed by atoms with Crippen LogP contribution in [0.3, 0.4) is 0 Å². The molecule has 1 aromatic carbocycles. The summed E-state index contributed by atoms with van der Waals surface area (Å²) >= 11 is 0. The molecule has 0 saturated carbocycles. The van der Waals surface area contributed by atoms with Crippen LogP contribution in [0.5, 0.6) is 0 Å². The number of amides is 2. The van der Waals surface area contributed by atoms with Crippen molar-refractivity contribution in [3.05, 3.63) is 64.7 Å². The Hall–Kier alpha value is -4.55. The number of hydrogen-bond acceptors (Lipinski definition) is 4. The van der Waals surface area contributed by atoms with Crippen LogP contribution in [0.1, 0.15) is 18.4 Å². The van der Waals surface area contributed by atoms with Crippen molar-refractivity contribution in [3.63, 3.8) is 0 Å². The molecule has 2 amide bonds. The van der Waals surface area contributed by atoms with Gasteiger partial charge in [-0.3, -0.25) is 19.4 Å². The van der Waals surface area contributed by atoms with Gasteiger partial charge in [-0.25, -0.2) is 27.9 Å². The number of likely N-dealkylation sites (tertiary alicyclic amines) is 1. The van der Waals surface area contributed by atoms with Gasteiger partial charge in [-0.15, -0.1) is 0 Å². The Balaban J connectivity index is 1.29. The van der Waals surface area contributed by atoms with Gasteiger partial charge in [0.25, 0.3) is 11.5 Å². The molecule has 0 aliphatic carbocycles. The zero-order chi connectivity index (χ0) is 26.9. The number of fused-ring (bicyclic) bond motifs is 1. The van der Waals surface area contributed by atoms with Gasteiger partial charge in [0.05, 0.1) is 28.7 Å². The Bertz CT molecular complexity index is 1810. The van der Waals surface area contributed by atoms with Crippen LogP contribution in [0.2, 0.25) is 0 Å². The molecule has 0 bridgehead atoms. The number of H-pyrrole nitrogens is 2. The lowest BCUT2D eigenvalue weighted by Gasteiger charge is -2.35. The molecule has 7 rings (SSSR count). The molecular formula is C26H23F3N8O2. The molecule has 4 aromatic heterocycles. The number of benzene rings is 1. The molecule has 5 aromatic rings. The van der Waals surface area contributed by atoms with Gasteiger partial charge < -0.3 is 14.4 Å². The van der Waals surface area contributed by atoms with Crippen LogP contribution >= 0.6 is 0 Å². The average molecular weight is 537 g/mol. The SMILES string of the molecule is O=C(N1CCC(F)(F)CC1)N1CCn2cc(-c3[nH][nH]c(=O)c3-c3cnc4ncccn34)c3cc(F)cc(c32)C1. The van der Waals surface area contributed by atoms with Gasteiger partial charge in [-0.2, -0.15) is 0 Å². The summed E-state index contributed by atoms with van der Waals surface area (Å²) in [6.45, 7) is 0.841. The molecule has 10 nitrogen and oxygen atoms in total. The van der Waals surface area contributed by atoms with E-state index in [2.05, 4.69) is 20.2 Å². The first kappa shape index (κ1) is 23.6. The number of halogens is 3. The number of aromatic amines is 2. The Kier molecular flexibility index (Phi) is 5.12. The van der Waals surface area contributed by atoms with Gasteiger partial charge >= 0.3 is 6.03 Å². The second kappa shape index (κ2) is 8.48. The average Bonchev–Trinajstić information content (AvgIpc) is 3.57. The third-order valence-electron chi connectivity index (χ3n) is 7.62. The standard InChI is InChI=1S/C26H23F3N8O2/c27-16-10-15-13-36(25(39)34-6-2-26(28,29)3-7-34)9-8-35-14-18(17(11-16)22(15)35)21-20(23(38)33-32-21)19-12-31-24-30-4-1-5-37(19)24/h1,4-5,10-12,14H,2-3,6-9,13H2,(H2,32,33,38). The first-order valence-corrected chi connectivity index (χ1v) is 12.6. The molecule has 0 radical (unpaired) electrons. The minimum atomic E-state index is -2.75. The number of aromatic nitrogens is 6. The fraction of sp³-hybridized carbons (Fsp3) is 0.308. The van der Waals surface area contributed by atoms with E-state index in [1.54, 1.807) is 34.0 Å². The molecule has 1 fully saturated rings. The van der Waals surface area contributed by atoms with Gasteiger partial charge in [0.15, 0.2) is 0 Å². The van der Waals surface area contributed by atoms with E-state index >= 15 is 0 Å². The van der Waals surface area contributed by atoms with E-state index in [0.717, 1.165) is 5.52 Å².